The predicted octanol–water partition coefficient (Wildman–Crippen LogP) is 4.85. The summed E-state index contributed by atoms with van der Waals surface area (Å²) in [6.07, 6.45) is 2.38. The van der Waals surface area contributed by atoms with E-state index in [1.54, 1.807) is 12.1 Å². The van der Waals surface area contributed by atoms with Crippen LogP contribution in [0.3, 0.4) is 0 Å². The number of nitrogens with zero attached hydrogens (tertiary/aromatic N) is 5. The fourth-order valence-corrected chi connectivity index (χ4v) is 5.15. The first kappa shape index (κ1) is 22.6. The fourth-order valence-electron chi connectivity index (χ4n) is 4.43. The third kappa shape index (κ3) is 4.72. The minimum atomic E-state index is -0.276. The first-order chi connectivity index (χ1) is 16.4. The summed E-state index contributed by atoms with van der Waals surface area (Å²) >= 11 is 1.34. The standard InChI is InChI=1S/C25H27FN6OS/c1-15-12-32(13-16(2)33-15)14-17-4-9-21(28-11-17)20-10-22(29-24-23(20)30-25(27)34-24)31(3)19-7-5-18(26)6-8-19/h4-11,15-16H,12-14H2,1-3H3,(H2,27,30). The highest BCUT2D eigenvalue weighted by atomic mass is 32.1. The van der Waals surface area contributed by atoms with E-state index in [0.29, 0.717) is 10.9 Å². The van der Waals surface area contributed by atoms with E-state index >= 15 is 0 Å². The van der Waals surface area contributed by atoms with Gasteiger partial charge in [-0.3, -0.25) is 9.88 Å². The minimum Gasteiger partial charge on any atom is -0.375 e. The molecule has 0 bridgehead atoms. The zero-order chi connectivity index (χ0) is 23.8. The third-order valence-electron chi connectivity index (χ3n) is 5.93. The summed E-state index contributed by atoms with van der Waals surface area (Å²) in [7, 11) is 1.90. The fraction of sp³-hybridized carbons (Fsp3) is 0.320. The van der Waals surface area contributed by atoms with Crippen LogP contribution in [0.1, 0.15) is 19.4 Å². The Labute approximate surface area is 202 Å². The van der Waals surface area contributed by atoms with Crippen LogP contribution in [0.2, 0.25) is 0 Å². The van der Waals surface area contributed by atoms with Gasteiger partial charge in [-0.15, -0.1) is 0 Å². The average Bonchev–Trinajstić information content (AvgIpc) is 3.18. The minimum absolute atomic E-state index is 0.229. The molecule has 7 nitrogen and oxygen atoms in total. The molecule has 9 heteroatoms. The number of hydrogen-bond acceptors (Lipinski definition) is 8. The van der Waals surface area contributed by atoms with Crippen LogP contribution in [-0.4, -0.2) is 52.2 Å². The predicted molar refractivity (Wildman–Crippen MR) is 135 cm³/mol. The van der Waals surface area contributed by atoms with Gasteiger partial charge in [0.05, 0.1) is 17.9 Å². The number of halogens is 1. The first-order valence-corrected chi connectivity index (χ1v) is 12.1. The number of morpholine rings is 1. The van der Waals surface area contributed by atoms with Crippen molar-refractivity contribution in [2.75, 3.05) is 30.8 Å². The molecule has 34 heavy (non-hydrogen) atoms. The monoisotopic (exact) mass is 478 g/mol. The van der Waals surface area contributed by atoms with Crippen LogP contribution >= 0.6 is 11.3 Å². The maximum absolute atomic E-state index is 13.4. The molecule has 0 saturated carbocycles. The lowest BCUT2D eigenvalue weighted by molar-refractivity contribution is -0.0705. The Morgan fingerprint density at radius 1 is 1.12 bits per heavy atom. The number of ether oxygens (including phenoxy) is 1. The molecular formula is C25H27FN6OS. The topological polar surface area (TPSA) is 80.4 Å². The Hall–Kier alpha value is -3.14. The molecule has 4 heterocycles. The SMILES string of the molecule is CC1CN(Cc2ccc(-c3cc(N(C)c4ccc(F)cc4)nc4sc(N)nc34)nc2)CC(C)O1. The molecule has 2 unspecified atom stereocenters. The van der Waals surface area contributed by atoms with Gasteiger partial charge in [0.2, 0.25) is 0 Å². The number of pyridine rings is 2. The molecule has 1 aliphatic rings. The second-order valence-electron chi connectivity index (χ2n) is 8.77. The highest BCUT2D eigenvalue weighted by molar-refractivity contribution is 7.21. The summed E-state index contributed by atoms with van der Waals surface area (Å²) in [6.45, 7) is 6.87. The molecule has 2 atom stereocenters. The molecule has 3 aromatic heterocycles. The maximum atomic E-state index is 13.4. The zero-order valence-electron chi connectivity index (χ0n) is 19.4. The molecule has 1 fully saturated rings. The molecule has 1 aliphatic heterocycles. The largest absolute Gasteiger partial charge is 0.375 e. The van der Waals surface area contributed by atoms with Crippen molar-refractivity contribution in [3.05, 3.63) is 60.0 Å². The molecule has 1 aromatic carbocycles. The van der Waals surface area contributed by atoms with Gasteiger partial charge in [0.1, 0.15) is 22.0 Å². The smallest absolute Gasteiger partial charge is 0.182 e. The van der Waals surface area contributed by atoms with Gasteiger partial charge >= 0.3 is 0 Å². The van der Waals surface area contributed by atoms with Crippen molar-refractivity contribution in [2.45, 2.75) is 32.6 Å². The van der Waals surface area contributed by atoms with E-state index in [1.807, 2.05) is 30.3 Å². The summed E-state index contributed by atoms with van der Waals surface area (Å²) in [5.74, 6) is 0.432. The van der Waals surface area contributed by atoms with Gasteiger partial charge in [-0.1, -0.05) is 17.4 Å². The van der Waals surface area contributed by atoms with Crippen molar-refractivity contribution < 1.29 is 9.13 Å². The van der Waals surface area contributed by atoms with E-state index in [9.17, 15) is 4.39 Å². The quantitative estimate of drug-likeness (QED) is 0.439. The lowest BCUT2D eigenvalue weighted by atomic mass is 10.1. The summed E-state index contributed by atoms with van der Waals surface area (Å²) < 4.78 is 19.2. The van der Waals surface area contributed by atoms with E-state index in [4.69, 9.17) is 20.4 Å². The molecule has 176 valence electrons. The Bertz CT molecular complexity index is 1280. The van der Waals surface area contributed by atoms with E-state index in [1.165, 1.54) is 23.5 Å². The first-order valence-electron chi connectivity index (χ1n) is 11.2. The van der Waals surface area contributed by atoms with E-state index in [2.05, 4.69) is 29.8 Å². The number of aromatic nitrogens is 3. The number of fused-ring (bicyclic) bond motifs is 1. The number of rotatable bonds is 5. The second-order valence-corrected chi connectivity index (χ2v) is 9.78. The Balaban J connectivity index is 1.46. The number of nitrogens with two attached hydrogens (primary N) is 1. The number of nitrogen functional groups attached to an aromatic ring is 1. The van der Waals surface area contributed by atoms with Gasteiger partial charge in [0, 0.05) is 44.1 Å². The van der Waals surface area contributed by atoms with Crippen LogP contribution in [0.15, 0.2) is 48.7 Å². The number of thiazole rings is 1. The normalized spacial score (nSPS) is 18.9. The Kier molecular flexibility index (Phi) is 6.16. The van der Waals surface area contributed by atoms with Crippen LogP contribution in [-0.2, 0) is 11.3 Å². The highest BCUT2D eigenvalue weighted by Crippen LogP contribution is 2.35. The summed E-state index contributed by atoms with van der Waals surface area (Å²) in [5, 5.41) is 0.456. The second kappa shape index (κ2) is 9.25. The van der Waals surface area contributed by atoms with E-state index in [-0.39, 0.29) is 18.0 Å². The van der Waals surface area contributed by atoms with Crippen molar-refractivity contribution in [3.63, 3.8) is 0 Å². The summed E-state index contributed by atoms with van der Waals surface area (Å²) in [4.78, 5) is 19.1. The van der Waals surface area contributed by atoms with Crippen molar-refractivity contribution in [2.24, 2.45) is 0 Å². The van der Waals surface area contributed by atoms with Gasteiger partial charge < -0.3 is 15.4 Å². The van der Waals surface area contributed by atoms with Crippen LogP contribution in [0, 0.1) is 5.82 Å². The van der Waals surface area contributed by atoms with Crippen molar-refractivity contribution in [1.29, 1.82) is 0 Å². The lowest BCUT2D eigenvalue weighted by Gasteiger charge is -2.35. The van der Waals surface area contributed by atoms with E-state index in [0.717, 1.165) is 52.5 Å². The van der Waals surface area contributed by atoms with Crippen LogP contribution < -0.4 is 10.6 Å². The van der Waals surface area contributed by atoms with Gasteiger partial charge in [-0.05, 0) is 55.8 Å². The molecule has 5 rings (SSSR count). The molecular weight excluding hydrogens is 451 g/mol. The summed E-state index contributed by atoms with van der Waals surface area (Å²) in [6, 6.07) is 12.4. The molecule has 2 N–H and O–H groups in total. The molecule has 0 radical (unpaired) electrons. The van der Waals surface area contributed by atoms with Crippen molar-refractivity contribution in [3.8, 4) is 11.3 Å². The molecule has 1 saturated heterocycles. The average molecular weight is 479 g/mol. The number of benzene rings is 1. The molecule has 0 aliphatic carbocycles. The van der Waals surface area contributed by atoms with Crippen LogP contribution in [0.4, 0.5) is 21.0 Å². The van der Waals surface area contributed by atoms with Crippen molar-refractivity contribution in [1.82, 2.24) is 19.9 Å². The van der Waals surface area contributed by atoms with Crippen molar-refractivity contribution >= 4 is 38.3 Å². The Morgan fingerprint density at radius 3 is 2.53 bits per heavy atom. The Morgan fingerprint density at radius 2 is 1.85 bits per heavy atom. The molecule has 0 amide bonds. The van der Waals surface area contributed by atoms with Gasteiger partial charge in [0.25, 0.3) is 0 Å². The zero-order valence-corrected chi connectivity index (χ0v) is 20.2. The van der Waals surface area contributed by atoms with Gasteiger partial charge in [-0.25, -0.2) is 14.4 Å². The van der Waals surface area contributed by atoms with Gasteiger partial charge in [-0.2, -0.15) is 0 Å². The maximum Gasteiger partial charge on any atom is 0.182 e. The third-order valence-corrected chi connectivity index (χ3v) is 6.71. The summed E-state index contributed by atoms with van der Waals surface area (Å²) in [5.41, 5.74) is 10.4. The highest BCUT2D eigenvalue weighted by Gasteiger charge is 2.22. The molecule has 4 aromatic rings. The van der Waals surface area contributed by atoms with Crippen LogP contribution in [0.5, 0.6) is 0 Å². The number of anilines is 3. The lowest BCUT2D eigenvalue weighted by Crippen LogP contribution is -2.44. The van der Waals surface area contributed by atoms with Crippen LogP contribution in [0.25, 0.3) is 21.6 Å². The van der Waals surface area contributed by atoms with Gasteiger partial charge in [0.15, 0.2) is 5.13 Å². The number of hydrogen-bond donors (Lipinski definition) is 1. The van der Waals surface area contributed by atoms with E-state index < -0.39 is 0 Å². The molecule has 0 spiro atoms.